The third kappa shape index (κ3) is 2.38. The number of methoxy groups -OCH3 is 1. The van der Waals surface area contributed by atoms with Crippen LogP contribution in [0.1, 0.15) is 29.7 Å². The molecule has 4 nitrogen and oxygen atoms in total. The summed E-state index contributed by atoms with van der Waals surface area (Å²) in [5, 5.41) is 4.26. The fraction of sp³-hybridized carbons (Fsp3) is 0.357. The van der Waals surface area contributed by atoms with Gasteiger partial charge in [-0.1, -0.05) is 17.7 Å². The highest BCUT2D eigenvalue weighted by molar-refractivity contribution is 5.42. The number of rotatable bonds is 4. The summed E-state index contributed by atoms with van der Waals surface area (Å²) in [6.45, 7) is 4.94. The molecule has 1 unspecified atom stereocenters. The Kier molecular flexibility index (Phi) is 3.67. The molecule has 0 saturated carbocycles. The van der Waals surface area contributed by atoms with Crippen LogP contribution in [0.5, 0.6) is 5.75 Å². The highest BCUT2D eigenvalue weighted by Gasteiger charge is 2.15. The van der Waals surface area contributed by atoms with Gasteiger partial charge in [-0.2, -0.15) is 5.10 Å². The normalized spacial score (nSPS) is 12.4. The van der Waals surface area contributed by atoms with Crippen molar-refractivity contribution in [2.45, 2.75) is 26.4 Å². The number of benzene rings is 1. The first kappa shape index (κ1) is 12.6. The van der Waals surface area contributed by atoms with Gasteiger partial charge in [-0.15, -0.1) is 0 Å². The summed E-state index contributed by atoms with van der Waals surface area (Å²) in [5.41, 5.74) is 9.46. The van der Waals surface area contributed by atoms with Crippen molar-refractivity contribution in [1.82, 2.24) is 9.78 Å². The highest BCUT2D eigenvalue weighted by atomic mass is 16.5. The SMILES string of the molecule is CCn1cc(C(N)c2cc(C)ccc2OC)cn1. The van der Waals surface area contributed by atoms with Crippen molar-refractivity contribution >= 4 is 0 Å². The Morgan fingerprint density at radius 3 is 2.83 bits per heavy atom. The number of aryl methyl sites for hydroxylation is 2. The molecule has 2 N–H and O–H groups in total. The van der Waals surface area contributed by atoms with E-state index in [1.54, 1.807) is 7.11 Å². The van der Waals surface area contributed by atoms with Gasteiger partial charge in [0.05, 0.1) is 19.3 Å². The van der Waals surface area contributed by atoms with Crippen molar-refractivity contribution in [3.05, 3.63) is 47.3 Å². The standard InChI is InChI=1S/C14H19N3O/c1-4-17-9-11(8-16-17)14(15)12-7-10(2)5-6-13(12)18-3/h5-9,14H,4,15H2,1-3H3. The molecule has 0 saturated heterocycles. The van der Waals surface area contributed by atoms with E-state index in [-0.39, 0.29) is 6.04 Å². The van der Waals surface area contributed by atoms with Gasteiger partial charge in [0.2, 0.25) is 0 Å². The van der Waals surface area contributed by atoms with E-state index in [1.807, 2.05) is 36.1 Å². The molecule has 0 amide bonds. The van der Waals surface area contributed by atoms with E-state index in [0.29, 0.717) is 0 Å². The fourth-order valence-electron chi connectivity index (χ4n) is 1.99. The maximum Gasteiger partial charge on any atom is 0.123 e. The Labute approximate surface area is 107 Å². The summed E-state index contributed by atoms with van der Waals surface area (Å²) in [6.07, 6.45) is 3.79. The van der Waals surface area contributed by atoms with Crippen molar-refractivity contribution in [2.75, 3.05) is 7.11 Å². The van der Waals surface area contributed by atoms with Gasteiger partial charge in [0.25, 0.3) is 0 Å². The monoisotopic (exact) mass is 245 g/mol. The fourth-order valence-corrected chi connectivity index (χ4v) is 1.99. The lowest BCUT2D eigenvalue weighted by Gasteiger charge is -2.15. The van der Waals surface area contributed by atoms with Gasteiger partial charge in [0.1, 0.15) is 5.75 Å². The van der Waals surface area contributed by atoms with Crippen LogP contribution >= 0.6 is 0 Å². The van der Waals surface area contributed by atoms with Crippen LogP contribution in [-0.4, -0.2) is 16.9 Å². The molecule has 0 aliphatic heterocycles. The molecule has 1 aromatic carbocycles. The molecule has 0 aliphatic rings. The van der Waals surface area contributed by atoms with Crippen LogP contribution in [0.4, 0.5) is 0 Å². The summed E-state index contributed by atoms with van der Waals surface area (Å²) < 4.78 is 7.24. The van der Waals surface area contributed by atoms with Gasteiger partial charge >= 0.3 is 0 Å². The molecule has 0 bridgehead atoms. The topological polar surface area (TPSA) is 53.1 Å². The second-order valence-corrected chi connectivity index (χ2v) is 4.35. The lowest BCUT2D eigenvalue weighted by atomic mass is 9.99. The number of aromatic nitrogens is 2. The van der Waals surface area contributed by atoms with Crippen molar-refractivity contribution in [1.29, 1.82) is 0 Å². The first-order valence-electron chi connectivity index (χ1n) is 6.08. The quantitative estimate of drug-likeness (QED) is 0.899. The summed E-state index contributed by atoms with van der Waals surface area (Å²) in [6, 6.07) is 5.83. The Morgan fingerprint density at radius 1 is 1.44 bits per heavy atom. The van der Waals surface area contributed by atoms with E-state index in [4.69, 9.17) is 10.5 Å². The Morgan fingerprint density at radius 2 is 2.22 bits per heavy atom. The number of hydrogen-bond donors (Lipinski definition) is 1. The third-order valence-electron chi connectivity index (χ3n) is 3.06. The molecular formula is C14H19N3O. The van der Waals surface area contributed by atoms with E-state index in [2.05, 4.69) is 18.1 Å². The molecule has 0 aliphatic carbocycles. The second kappa shape index (κ2) is 5.23. The molecule has 1 atom stereocenters. The number of nitrogens with two attached hydrogens (primary N) is 1. The molecule has 4 heteroatoms. The van der Waals surface area contributed by atoms with Crippen LogP contribution < -0.4 is 10.5 Å². The Hall–Kier alpha value is -1.81. The molecule has 1 aromatic heterocycles. The second-order valence-electron chi connectivity index (χ2n) is 4.35. The lowest BCUT2D eigenvalue weighted by Crippen LogP contribution is -2.12. The van der Waals surface area contributed by atoms with Crippen LogP contribution in [0, 0.1) is 6.92 Å². The minimum atomic E-state index is -0.208. The lowest BCUT2D eigenvalue weighted by molar-refractivity contribution is 0.407. The molecule has 2 aromatic rings. The van der Waals surface area contributed by atoms with E-state index < -0.39 is 0 Å². The zero-order valence-electron chi connectivity index (χ0n) is 11.1. The molecule has 2 rings (SSSR count). The zero-order valence-corrected chi connectivity index (χ0v) is 11.1. The summed E-state index contributed by atoms with van der Waals surface area (Å²) >= 11 is 0. The van der Waals surface area contributed by atoms with Gasteiger partial charge < -0.3 is 10.5 Å². The predicted molar refractivity (Wildman–Crippen MR) is 71.7 cm³/mol. The Balaban J connectivity index is 2.38. The van der Waals surface area contributed by atoms with E-state index in [9.17, 15) is 0 Å². The summed E-state index contributed by atoms with van der Waals surface area (Å²) in [7, 11) is 1.66. The van der Waals surface area contributed by atoms with Crippen LogP contribution in [0.2, 0.25) is 0 Å². The molecule has 96 valence electrons. The van der Waals surface area contributed by atoms with Crippen molar-refractivity contribution in [3.63, 3.8) is 0 Å². The molecule has 1 heterocycles. The number of hydrogen-bond acceptors (Lipinski definition) is 3. The molecule has 0 spiro atoms. The molecular weight excluding hydrogens is 226 g/mol. The van der Waals surface area contributed by atoms with Gasteiger partial charge in [0, 0.05) is 23.9 Å². The maximum absolute atomic E-state index is 6.30. The van der Waals surface area contributed by atoms with Crippen molar-refractivity contribution in [3.8, 4) is 5.75 Å². The van der Waals surface area contributed by atoms with Gasteiger partial charge in [-0.25, -0.2) is 0 Å². The van der Waals surface area contributed by atoms with E-state index in [1.165, 1.54) is 5.56 Å². The molecule has 0 radical (unpaired) electrons. The van der Waals surface area contributed by atoms with Gasteiger partial charge in [-0.3, -0.25) is 4.68 Å². The van der Waals surface area contributed by atoms with E-state index in [0.717, 1.165) is 23.4 Å². The largest absolute Gasteiger partial charge is 0.496 e. The molecule has 18 heavy (non-hydrogen) atoms. The minimum absolute atomic E-state index is 0.208. The molecule has 0 fully saturated rings. The van der Waals surface area contributed by atoms with Crippen LogP contribution in [-0.2, 0) is 6.54 Å². The first-order valence-corrected chi connectivity index (χ1v) is 6.08. The predicted octanol–water partition coefficient (Wildman–Crippen LogP) is 2.27. The smallest absolute Gasteiger partial charge is 0.123 e. The highest BCUT2D eigenvalue weighted by Crippen LogP contribution is 2.28. The van der Waals surface area contributed by atoms with Crippen LogP contribution in [0.3, 0.4) is 0 Å². The van der Waals surface area contributed by atoms with E-state index >= 15 is 0 Å². The van der Waals surface area contributed by atoms with Crippen LogP contribution in [0.15, 0.2) is 30.6 Å². The third-order valence-corrected chi connectivity index (χ3v) is 3.06. The average molecular weight is 245 g/mol. The number of ether oxygens (including phenoxy) is 1. The zero-order chi connectivity index (χ0) is 13.1. The maximum atomic E-state index is 6.30. The first-order chi connectivity index (χ1) is 8.65. The van der Waals surface area contributed by atoms with Gasteiger partial charge in [0.15, 0.2) is 0 Å². The summed E-state index contributed by atoms with van der Waals surface area (Å²) in [4.78, 5) is 0. The number of nitrogens with zero attached hydrogens (tertiary/aromatic N) is 2. The van der Waals surface area contributed by atoms with Crippen molar-refractivity contribution in [2.24, 2.45) is 5.73 Å². The van der Waals surface area contributed by atoms with Gasteiger partial charge in [-0.05, 0) is 19.9 Å². The average Bonchev–Trinajstić information content (AvgIpc) is 2.86. The van der Waals surface area contributed by atoms with Crippen LogP contribution in [0.25, 0.3) is 0 Å². The Bertz CT molecular complexity index is 534. The summed E-state index contributed by atoms with van der Waals surface area (Å²) in [5.74, 6) is 0.817. The minimum Gasteiger partial charge on any atom is -0.496 e. The van der Waals surface area contributed by atoms with Crippen molar-refractivity contribution < 1.29 is 4.74 Å².